The Kier molecular flexibility index (Phi) is 5.87. The largest absolute Gasteiger partial charge is 0.367 e. The molecule has 5 rings (SSSR count). The number of rotatable bonds is 4. The number of carbonyl (C=O) groups excluding carboxylic acids is 3. The van der Waals surface area contributed by atoms with Gasteiger partial charge < -0.3 is 9.80 Å². The molecule has 0 radical (unpaired) electrons. The number of imide groups is 1. The van der Waals surface area contributed by atoms with Crippen molar-refractivity contribution in [3.63, 3.8) is 0 Å². The summed E-state index contributed by atoms with van der Waals surface area (Å²) in [5.74, 6) is -1.93. The summed E-state index contributed by atoms with van der Waals surface area (Å²) in [6.07, 6.45) is 0.368. The van der Waals surface area contributed by atoms with Gasteiger partial charge in [0.2, 0.25) is 11.8 Å². The fourth-order valence-electron chi connectivity index (χ4n) is 4.55. The Labute approximate surface area is 204 Å². The minimum absolute atomic E-state index is 0.140. The van der Waals surface area contributed by atoms with E-state index in [1.165, 1.54) is 27.4 Å². The van der Waals surface area contributed by atoms with Gasteiger partial charge in [0, 0.05) is 44.7 Å². The summed E-state index contributed by atoms with van der Waals surface area (Å²) >= 11 is 6.87. The van der Waals surface area contributed by atoms with Crippen LogP contribution in [0.1, 0.15) is 28.8 Å². The third-order valence-corrected chi connectivity index (χ3v) is 9.91. The fourth-order valence-corrected chi connectivity index (χ4v) is 7.61. The summed E-state index contributed by atoms with van der Waals surface area (Å²) < 4.78 is 42.6. The van der Waals surface area contributed by atoms with Crippen molar-refractivity contribution in [2.45, 2.75) is 29.6 Å². The molecule has 13 heteroatoms. The molecule has 0 aliphatic carbocycles. The second kappa shape index (κ2) is 8.59. The van der Waals surface area contributed by atoms with Crippen LogP contribution in [0.5, 0.6) is 0 Å². The van der Waals surface area contributed by atoms with Crippen molar-refractivity contribution in [1.29, 1.82) is 0 Å². The van der Waals surface area contributed by atoms with Crippen LogP contribution in [0.3, 0.4) is 0 Å². The standard InChI is InChI=1S/C21H20ClFN4O5S2/c22-17-2-4-19(33-17)34(31,32)26-7-5-25(6-8-26)16-9-12-11-27(21(30)13(12)10-14(16)23)15-1-3-18(28)24-20(15)29/h2,4,9-10,15H,1,3,5-8,11H2,(H,24,28,29). The third-order valence-electron chi connectivity index (χ3n) is 6.31. The van der Waals surface area contributed by atoms with Crippen LogP contribution >= 0.6 is 22.9 Å². The van der Waals surface area contributed by atoms with Crippen molar-refractivity contribution in [1.82, 2.24) is 14.5 Å². The lowest BCUT2D eigenvalue weighted by Gasteiger charge is -2.35. The van der Waals surface area contributed by atoms with Crippen LogP contribution in [0.2, 0.25) is 4.34 Å². The minimum Gasteiger partial charge on any atom is -0.367 e. The van der Waals surface area contributed by atoms with Crippen LogP contribution in [0, 0.1) is 5.82 Å². The maximum Gasteiger partial charge on any atom is 0.255 e. The van der Waals surface area contributed by atoms with Crippen molar-refractivity contribution >= 4 is 56.4 Å². The molecule has 3 amide bonds. The number of fused-ring (bicyclic) bond motifs is 1. The van der Waals surface area contributed by atoms with Gasteiger partial charge in [0.05, 0.1) is 10.0 Å². The quantitative estimate of drug-likeness (QED) is 0.609. The highest BCUT2D eigenvalue weighted by Crippen LogP contribution is 2.34. The van der Waals surface area contributed by atoms with Gasteiger partial charge in [-0.05, 0) is 36.2 Å². The molecule has 1 atom stereocenters. The second-order valence-corrected chi connectivity index (χ2v) is 12.2. The number of carbonyl (C=O) groups is 3. The van der Waals surface area contributed by atoms with Crippen LogP contribution in [0.15, 0.2) is 28.5 Å². The van der Waals surface area contributed by atoms with E-state index in [1.54, 1.807) is 11.0 Å². The molecule has 2 fully saturated rings. The van der Waals surface area contributed by atoms with E-state index in [-0.39, 0.29) is 66.9 Å². The number of piperidine rings is 1. The van der Waals surface area contributed by atoms with Gasteiger partial charge in [-0.3, -0.25) is 19.7 Å². The summed E-state index contributed by atoms with van der Waals surface area (Å²) in [6.45, 7) is 1.05. The first kappa shape index (κ1) is 23.2. The van der Waals surface area contributed by atoms with E-state index in [0.717, 1.165) is 11.3 Å². The second-order valence-electron chi connectivity index (χ2n) is 8.31. The SMILES string of the molecule is O=C1CCC(N2Cc3cc(N4CCN(S(=O)(=O)c5ccc(Cl)s5)CC4)c(F)cc3C2=O)C(=O)N1. The zero-order valence-electron chi connectivity index (χ0n) is 17.8. The summed E-state index contributed by atoms with van der Waals surface area (Å²) in [5.41, 5.74) is 1.07. The van der Waals surface area contributed by atoms with E-state index >= 15 is 4.39 Å². The van der Waals surface area contributed by atoms with E-state index in [2.05, 4.69) is 5.32 Å². The van der Waals surface area contributed by atoms with Crippen molar-refractivity contribution in [2.24, 2.45) is 0 Å². The van der Waals surface area contributed by atoms with Crippen LogP contribution < -0.4 is 10.2 Å². The molecule has 0 bridgehead atoms. The first-order valence-electron chi connectivity index (χ1n) is 10.6. The number of sulfonamides is 1. The van der Waals surface area contributed by atoms with Crippen molar-refractivity contribution in [3.8, 4) is 0 Å². The zero-order valence-corrected chi connectivity index (χ0v) is 20.2. The monoisotopic (exact) mass is 526 g/mol. The number of anilines is 1. The molecule has 1 unspecified atom stereocenters. The average Bonchev–Trinajstić information content (AvgIpc) is 3.37. The smallest absolute Gasteiger partial charge is 0.255 e. The number of nitrogens with one attached hydrogen (secondary N) is 1. The fraction of sp³-hybridized carbons (Fsp3) is 0.381. The van der Waals surface area contributed by atoms with E-state index in [9.17, 15) is 22.8 Å². The predicted octanol–water partition coefficient (Wildman–Crippen LogP) is 1.81. The van der Waals surface area contributed by atoms with Gasteiger partial charge in [0.25, 0.3) is 15.9 Å². The van der Waals surface area contributed by atoms with E-state index in [0.29, 0.717) is 9.90 Å². The zero-order chi connectivity index (χ0) is 24.2. The number of piperazine rings is 1. The number of hydrogen-bond acceptors (Lipinski definition) is 7. The van der Waals surface area contributed by atoms with Crippen LogP contribution in [-0.4, -0.2) is 67.6 Å². The molecule has 34 heavy (non-hydrogen) atoms. The minimum atomic E-state index is -3.67. The number of amides is 3. The summed E-state index contributed by atoms with van der Waals surface area (Å²) in [7, 11) is -3.67. The lowest BCUT2D eigenvalue weighted by Crippen LogP contribution is -2.52. The lowest BCUT2D eigenvalue weighted by atomic mass is 10.0. The molecule has 3 aliphatic rings. The van der Waals surface area contributed by atoms with Gasteiger partial charge >= 0.3 is 0 Å². The van der Waals surface area contributed by atoms with E-state index < -0.39 is 33.7 Å². The molecule has 1 aromatic heterocycles. The number of benzene rings is 1. The molecule has 9 nitrogen and oxygen atoms in total. The number of nitrogens with zero attached hydrogens (tertiary/aromatic N) is 3. The van der Waals surface area contributed by atoms with Crippen molar-refractivity contribution < 1.29 is 27.2 Å². The first-order valence-corrected chi connectivity index (χ1v) is 13.3. The molecular weight excluding hydrogens is 507 g/mol. The highest BCUT2D eigenvalue weighted by Gasteiger charge is 2.40. The van der Waals surface area contributed by atoms with Gasteiger partial charge in [-0.2, -0.15) is 4.31 Å². The summed E-state index contributed by atoms with van der Waals surface area (Å²) in [5, 5.41) is 2.24. The first-order chi connectivity index (χ1) is 16.1. The Morgan fingerprint density at radius 3 is 2.47 bits per heavy atom. The molecule has 2 saturated heterocycles. The highest BCUT2D eigenvalue weighted by molar-refractivity contribution is 7.91. The topological polar surface area (TPSA) is 107 Å². The van der Waals surface area contributed by atoms with Crippen LogP contribution in [0.4, 0.5) is 10.1 Å². The molecule has 0 spiro atoms. The van der Waals surface area contributed by atoms with Gasteiger partial charge in [-0.1, -0.05) is 11.6 Å². The normalized spacial score (nSPS) is 21.7. The third kappa shape index (κ3) is 3.98. The summed E-state index contributed by atoms with van der Waals surface area (Å²) in [6, 6.07) is 5.01. The van der Waals surface area contributed by atoms with E-state index in [4.69, 9.17) is 11.6 Å². The number of halogens is 2. The Balaban J connectivity index is 1.31. The number of thiophene rings is 1. The Bertz CT molecular complexity index is 1310. The predicted molar refractivity (Wildman–Crippen MR) is 123 cm³/mol. The lowest BCUT2D eigenvalue weighted by molar-refractivity contribution is -0.136. The maximum atomic E-state index is 15.0. The van der Waals surface area contributed by atoms with Gasteiger partial charge in [-0.15, -0.1) is 11.3 Å². The van der Waals surface area contributed by atoms with Gasteiger partial charge in [0.15, 0.2) is 0 Å². The molecule has 2 aromatic rings. The van der Waals surface area contributed by atoms with E-state index in [1.807, 2.05) is 0 Å². The average molecular weight is 527 g/mol. The molecule has 3 aliphatic heterocycles. The summed E-state index contributed by atoms with van der Waals surface area (Å²) in [4.78, 5) is 39.6. The van der Waals surface area contributed by atoms with Crippen molar-refractivity contribution in [3.05, 3.63) is 45.5 Å². The van der Waals surface area contributed by atoms with Crippen LogP contribution in [0.25, 0.3) is 0 Å². The van der Waals surface area contributed by atoms with Crippen molar-refractivity contribution in [2.75, 3.05) is 31.1 Å². The van der Waals surface area contributed by atoms with Gasteiger partial charge in [0.1, 0.15) is 16.1 Å². The maximum absolute atomic E-state index is 15.0. The molecule has 1 aromatic carbocycles. The molecule has 1 N–H and O–H groups in total. The number of hydrogen-bond donors (Lipinski definition) is 1. The molecule has 180 valence electrons. The molecule has 4 heterocycles. The van der Waals surface area contributed by atoms with Gasteiger partial charge in [-0.25, -0.2) is 12.8 Å². The highest BCUT2D eigenvalue weighted by atomic mass is 35.5. The molecular formula is C21H20ClFN4O5S2. The Hall–Kier alpha value is -2.54. The Morgan fingerprint density at radius 2 is 1.82 bits per heavy atom. The Morgan fingerprint density at radius 1 is 1.09 bits per heavy atom. The van der Waals surface area contributed by atoms with Crippen LogP contribution in [-0.2, 0) is 26.2 Å². The molecule has 0 saturated carbocycles.